The van der Waals surface area contributed by atoms with Crippen LogP contribution < -0.4 is 10.1 Å². The van der Waals surface area contributed by atoms with E-state index in [1.807, 2.05) is 48.5 Å². The molecule has 0 aliphatic rings. The fraction of sp³-hybridized carbons (Fsp3) is 0.235. The number of rotatable bonds is 5. The van der Waals surface area contributed by atoms with Gasteiger partial charge < -0.3 is 10.1 Å². The first-order chi connectivity index (χ1) is 10.1. The molecular formula is C17H18INO2. The molecule has 4 heteroatoms. The second-order valence-electron chi connectivity index (χ2n) is 4.75. The van der Waals surface area contributed by atoms with Gasteiger partial charge in [-0.15, -0.1) is 0 Å². The molecule has 0 saturated carbocycles. The zero-order valence-electron chi connectivity index (χ0n) is 12.1. The van der Waals surface area contributed by atoms with Crippen molar-refractivity contribution >= 4 is 34.2 Å². The normalized spacial score (nSPS) is 11.8. The number of nitrogens with one attached hydrogen (secondary N) is 1. The first kappa shape index (κ1) is 15.8. The molecule has 0 saturated heterocycles. The number of halogens is 1. The van der Waals surface area contributed by atoms with Gasteiger partial charge in [0, 0.05) is 9.26 Å². The Labute approximate surface area is 138 Å². The quantitative estimate of drug-likeness (QED) is 0.769. The Bertz CT molecular complexity index is 593. The van der Waals surface area contributed by atoms with Crippen LogP contribution in [0.3, 0.4) is 0 Å². The minimum Gasteiger partial charge on any atom is -0.481 e. The highest BCUT2D eigenvalue weighted by atomic mass is 127. The molecule has 3 nitrogen and oxygen atoms in total. The molecule has 2 aromatic carbocycles. The molecule has 1 N–H and O–H groups in total. The Morgan fingerprint density at radius 2 is 1.76 bits per heavy atom. The number of carbonyl (C=O) groups excluding carboxylic acids is 1. The van der Waals surface area contributed by atoms with Crippen LogP contribution in [0, 0.1) is 3.57 Å². The molecule has 0 aromatic heterocycles. The summed E-state index contributed by atoms with van der Waals surface area (Å²) in [6, 6.07) is 15.5. The molecule has 0 aliphatic heterocycles. The van der Waals surface area contributed by atoms with Crippen LogP contribution in [0.15, 0.2) is 48.5 Å². The third-order valence-electron chi connectivity index (χ3n) is 3.13. The second kappa shape index (κ2) is 7.45. The van der Waals surface area contributed by atoms with Crippen LogP contribution in [0.5, 0.6) is 5.75 Å². The lowest BCUT2D eigenvalue weighted by molar-refractivity contribution is -0.122. The van der Waals surface area contributed by atoms with Crippen molar-refractivity contribution in [2.75, 3.05) is 5.32 Å². The third kappa shape index (κ3) is 4.74. The maximum atomic E-state index is 12.1. The Hall–Kier alpha value is -1.56. The summed E-state index contributed by atoms with van der Waals surface area (Å²) in [6.07, 6.45) is 0.445. The molecule has 1 unspecified atom stereocenters. The average Bonchev–Trinajstić information content (AvgIpc) is 2.50. The topological polar surface area (TPSA) is 38.3 Å². The molecule has 0 spiro atoms. The van der Waals surface area contributed by atoms with Gasteiger partial charge in [-0.05, 0) is 77.9 Å². The predicted molar refractivity (Wildman–Crippen MR) is 93.7 cm³/mol. The van der Waals surface area contributed by atoms with Crippen molar-refractivity contribution < 1.29 is 9.53 Å². The molecule has 0 bridgehead atoms. The number of aryl methyl sites for hydroxylation is 1. The lowest BCUT2D eigenvalue weighted by Crippen LogP contribution is -2.30. The molecule has 2 aromatic rings. The zero-order chi connectivity index (χ0) is 15.2. The monoisotopic (exact) mass is 395 g/mol. The van der Waals surface area contributed by atoms with Crippen molar-refractivity contribution in [3.8, 4) is 5.75 Å². The van der Waals surface area contributed by atoms with E-state index in [1.54, 1.807) is 6.92 Å². The van der Waals surface area contributed by atoms with Crippen LogP contribution in [-0.4, -0.2) is 12.0 Å². The maximum absolute atomic E-state index is 12.1. The van der Waals surface area contributed by atoms with E-state index in [-0.39, 0.29) is 5.91 Å². The van der Waals surface area contributed by atoms with E-state index >= 15 is 0 Å². The molecule has 1 amide bonds. The molecule has 0 heterocycles. The van der Waals surface area contributed by atoms with Gasteiger partial charge in [-0.1, -0.05) is 19.1 Å². The fourth-order valence-corrected chi connectivity index (χ4v) is 2.20. The number of ether oxygens (including phenoxy) is 1. The van der Waals surface area contributed by atoms with Gasteiger partial charge >= 0.3 is 0 Å². The predicted octanol–water partition coefficient (Wildman–Crippen LogP) is 4.26. The molecule has 0 fully saturated rings. The number of benzene rings is 2. The van der Waals surface area contributed by atoms with Gasteiger partial charge in [0.2, 0.25) is 0 Å². The summed E-state index contributed by atoms with van der Waals surface area (Å²) >= 11 is 2.23. The van der Waals surface area contributed by atoms with Crippen molar-refractivity contribution in [1.82, 2.24) is 0 Å². The zero-order valence-corrected chi connectivity index (χ0v) is 14.3. The van der Waals surface area contributed by atoms with Gasteiger partial charge in [-0.2, -0.15) is 0 Å². The van der Waals surface area contributed by atoms with Crippen LogP contribution in [0.25, 0.3) is 0 Å². The summed E-state index contributed by atoms with van der Waals surface area (Å²) in [5.74, 6) is 0.549. The minimum absolute atomic E-state index is 0.157. The summed E-state index contributed by atoms with van der Waals surface area (Å²) in [7, 11) is 0. The standard InChI is InChI=1S/C17H18INO2/c1-3-13-4-10-16(11-5-13)21-12(2)17(20)19-15-8-6-14(18)7-9-15/h4-12H,3H2,1-2H3,(H,19,20). The summed E-state index contributed by atoms with van der Waals surface area (Å²) in [4.78, 5) is 12.1. The van der Waals surface area contributed by atoms with Crippen molar-refractivity contribution in [3.63, 3.8) is 0 Å². The molecular weight excluding hydrogens is 377 g/mol. The van der Waals surface area contributed by atoms with E-state index in [2.05, 4.69) is 34.8 Å². The third-order valence-corrected chi connectivity index (χ3v) is 3.84. The Kier molecular flexibility index (Phi) is 5.61. The van der Waals surface area contributed by atoms with Gasteiger partial charge in [0.05, 0.1) is 0 Å². The van der Waals surface area contributed by atoms with Crippen molar-refractivity contribution in [2.45, 2.75) is 26.4 Å². The van der Waals surface area contributed by atoms with E-state index in [0.717, 1.165) is 15.7 Å². The van der Waals surface area contributed by atoms with Gasteiger partial charge in [0.15, 0.2) is 6.10 Å². The average molecular weight is 395 g/mol. The SMILES string of the molecule is CCc1ccc(OC(C)C(=O)Nc2ccc(I)cc2)cc1. The number of hydrogen-bond acceptors (Lipinski definition) is 2. The van der Waals surface area contributed by atoms with E-state index in [9.17, 15) is 4.79 Å². The Balaban J connectivity index is 1.93. The molecule has 2 rings (SSSR count). The molecule has 0 aliphatic carbocycles. The highest BCUT2D eigenvalue weighted by Crippen LogP contribution is 2.16. The Morgan fingerprint density at radius 1 is 1.14 bits per heavy atom. The highest BCUT2D eigenvalue weighted by molar-refractivity contribution is 14.1. The van der Waals surface area contributed by atoms with Crippen LogP contribution in [0.1, 0.15) is 19.4 Å². The van der Waals surface area contributed by atoms with E-state index in [0.29, 0.717) is 5.75 Å². The number of amides is 1. The van der Waals surface area contributed by atoms with Crippen LogP contribution in [0.2, 0.25) is 0 Å². The number of carbonyl (C=O) groups is 1. The molecule has 110 valence electrons. The fourth-order valence-electron chi connectivity index (χ4n) is 1.84. The smallest absolute Gasteiger partial charge is 0.265 e. The van der Waals surface area contributed by atoms with Gasteiger partial charge in [-0.25, -0.2) is 0 Å². The summed E-state index contributed by atoms with van der Waals surface area (Å²) < 4.78 is 6.79. The van der Waals surface area contributed by atoms with Crippen molar-refractivity contribution in [1.29, 1.82) is 0 Å². The molecule has 1 atom stereocenters. The summed E-state index contributed by atoms with van der Waals surface area (Å²) in [5.41, 5.74) is 2.02. The lowest BCUT2D eigenvalue weighted by Gasteiger charge is -2.15. The van der Waals surface area contributed by atoms with Crippen LogP contribution in [-0.2, 0) is 11.2 Å². The number of hydrogen-bond donors (Lipinski definition) is 1. The van der Waals surface area contributed by atoms with Crippen molar-refractivity contribution in [3.05, 3.63) is 57.7 Å². The largest absolute Gasteiger partial charge is 0.481 e. The second-order valence-corrected chi connectivity index (χ2v) is 6.00. The van der Waals surface area contributed by atoms with E-state index in [1.165, 1.54) is 5.56 Å². The van der Waals surface area contributed by atoms with Crippen LogP contribution in [0.4, 0.5) is 5.69 Å². The molecule has 21 heavy (non-hydrogen) atoms. The van der Waals surface area contributed by atoms with Gasteiger partial charge in [0.1, 0.15) is 5.75 Å². The summed E-state index contributed by atoms with van der Waals surface area (Å²) in [6.45, 7) is 3.85. The van der Waals surface area contributed by atoms with Gasteiger partial charge in [-0.3, -0.25) is 4.79 Å². The molecule has 0 radical (unpaired) electrons. The number of anilines is 1. The van der Waals surface area contributed by atoms with E-state index < -0.39 is 6.10 Å². The van der Waals surface area contributed by atoms with Crippen molar-refractivity contribution in [2.24, 2.45) is 0 Å². The first-order valence-electron chi connectivity index (χ1n) is 6.90. The van der Waals surface area contributed by atoms with Crippen LogP contribution >= 0.6 is 22.6 Å². The first-order valence-corrected chi connectivity index (χ1v) is 7.98. The minimum atomic E-state index is -0.545. The lowest BCUT2D eigenvalue weighted by atomic mass is 10.2. The highest BCUT2D eigenvalue weighted by Gasteiger charge is 2.14. The summed E-state index contributed by atoms with van der Waals surface area (Å²) in [5, 5.41) is 2.84. The maximum Gasteiger partial charge on any atom is 0.265 e. The van der Waals surface area contributed by atoms with E-state index in [4.69, 9.17) is 4.74 Å². The van der Waals surface area contributed by atoms with Gasteiger partial charge in [0.25, 0.3) is 5.91 Å². The Morgan fingerprint density at radius 3 is 2.33 bits per heavy atom.